The summed E-state index contributed by atoms with van der Waals surface area (Å²) in [4.78, 5) is 21.7. The molecule has 0 saturated heterocycles. The number of halogens is 2. The van der Waals surface area contributed by atoms with Gasteiger partial charge in [-0.25, -0.2) is 9.59 Å². The molecule has 0 fully saturated rings. The molecule has 0 atom stereocenters. The van der Waals surface area contributed by atoms with Crippen molar-refractivity contribution >= 4 is 11.9 Å². The molecule has 0 heterocycles. The van der Waals surface area contributed by atoms with E-state index in [1.54, 1.807) is 0 Å². The number of hydrogen-bond acceptors (Lipinski definition) is 4. The van der Waals surface area contributed by atoms with Crippen molar-refractivity contribution < 1.29 is 27.8 Å². The van der Waals surface area contributed by atoms with Crippen molar-refractivity contribution in [2.45, 2.75) is 19.8 Å². The van der Waals surface area contributed by atoms with Crippen molar-refractivity contribution in [2.75, 3.05) is 13.2 Å². The summed E-state index contributed by atoms with van der Waals surface area (Å²) < 4.78 is 34.6. The van der Waals surface area contributed by atoms with Crippen LogP contribution in [0.5, 0.6) is 0 Å². The average molecular weight is 248 g/mol. The van der Waals surface area contributed by atoms with Crippen LogP contribution in [0, 0.1) is 0 Å². The highest BCUT2D eigenvalue weighted by Crippen LogP contribution is 2.15. The van der Waals surface area contributed by atoms with Crippen molar-refractivity contribution in [1.82, 2.24) is 0 Å². The number of esters is 2. The zero-order chi connectivity index (χ0) is 13.6. The second kappa shape index (κ2) is 6.12. The lowest BCUT2D eigenvalue weighted by atomic mass is 10.3. The van der Waals surface area contributed by atoms with Gasteiger partial charge in [0.2, 0.25) is 0 Å². The van der Waals surface area contributed by atoms with E-state index in [1.807, 2.05) is 0 Å². The van der Waals surface area contributed by atoms with Gasteiger partial charge in [0.15, 0.2) is 13.2 Å². The summed E-state index contributed by atoms with van der Waals surface area (Å²) in [5.41, 5.74) is 0.0273. The first kappa shape index (κ1) is 15.3. The Hall–Kier alpha value is -1.72. The molecule has 0 unspecified atom stereocenters. The molecule has 0 aromatic rings. The SMILES string of the molecule is C=C(C)C(=O)OCC(F)(F)COC(=O)C(=C)C. The van der Waals surface area contributed by atoms with Crippen LogP contribution < -0.4 is 0 Å². The normalized spacial score (nSPS) is 10.6. The van der Waals surface area contributed by atoms with E-state index in [0.29, 0.717) is 0 Å². The first-order valence-electron chi connectivity index (χ1n) is 4.69. The topological polar surface area (TPSA) is 52.6 Å². The van der Waals surface area contributed by atoms with Crippen molar-refractivity contribution in [3.63, 3.8) is 0 Å². The molecule has 0 N–H and O–H groups in total. The van der Waals surface area contributed by atoms with E-state index in [2.05, 4.69) is 22.6 Å². The third kappa shape index (κ3) is 6.44. The molecule has 0 aromatic heterocycles. The van der Waals surface area contributed by atoms with E-state index in [1.165, 1.54) is 13.8 Å². The van der Waals surface area contributed by atoms with Crippen LogP contribution in [0.4, 0.5) is 8.78 Å². The molecule has 0 saturated carbocycles. The third-order valence-corrected chi connectivity index (χ3v) is 1.53. The number of rotatable bonds is 6. The zero-order valence-corrected chi connectivity index (χ0v) is 9.72. The molecule has 0 aliphatic carbocycles. The highest BCUT2D eigenvalue weighted by molar-refractivity contribution is 5.87. The Balaban J connectivity index is 4.12. The Kier molecular flexibility index (Phi) is 5.50. The van der Waals surface area contributed by atoms with Gasteiger partial charge in [0.25, 0.3) is 0 Å². The van der Waals surface area contributed by atoms with E-state index in [4.69, 9.17) is 0 Å². The second-order valence-electron chi connectivity index (χ2n) is 3.57. The van der Waals surface area contributed by atoms with E-state index in [-0.39, 0.29) is 11.1 Å². The molecule has 17 heavy (non-hydrogen) atoms. The first-order valence-corrected chi connectivity index (χ1v) is 4.69. The Morgan fingerprint density at radius 3 is 1.53 bits per heavy atom. The molecule has 0 aliphatic heterocycles. The summed E-state index contributed by atoms with van der Waals surface area (Å²) in [7, 11) is 0. The van der Waals surface area contributed by atoms with Crippen LogP contribution in [0.25, 0.3) is 0 Å². The molecule has 0 aliphatic rings. The lowest BCUT2D eigenvalue weighted by Gasteiger charge is -2.16. The van der Waals surface area contributed by atoms with Gasteiger partial charge < -0.3 is 9.47 Å². The monoisotopic (exact) mass is 248 g/mol. The van der Waals surface area contributed by atoms with Gasteiger partial charge >= 0.3 is 17.9 Å². The van der Waals surface area contributed by atoms with Gasteiger partial charge in [-0.3, -0.25) is 0 Å². The summed E-state index contributed by atoms with van der Waals surface area (Å²) in [6.45, 7) is 6.81. The number of carbonyl (C=O) groups excluding carboxylic acids is 2. The minimum absolute atomic E-state index is 0.0136. The van der Waals surface area contributed by atoms with Gasteiger partial charge in [-0.2, -0.15) is 8.78 Å². The summed E-state index contributed by atoms with van der Waals surface area (Å²) in [6.07, 6.45) is 0. The van der Waals surface area contributed by atoms with Crippen LogP contribution in [0.15, 0.2) is 24.3 Å². The van der Waals surface area contributed by atoms with Crippen molar-refractivity contribution in [3.05, 3.63) is 24.3 Å². The fourth-order valence-corrected chi connectivity index (χ4v) is 0.630. The van der Waals surface area contributed by atoms with E-state index in [9.17, 15) is 18.4 Å². The van der Waals surface area contributed by atoms with Crippen molar-refractivity contribution in [3.8, 4) is 0 Å². The standard InChI is InChI=1S/C11H14F2O4/c1-7(2)9(14)16-5-11(12,13)6-17-10(15)8(3)4/h1,3,5-6H2,2,4H3. The highest BCUT2D eigenvalue weighted by Gasteiger charge is 2.33. The maximum atomic E-state index is 13.1. The molecule has 0 bridgehead atoms. The fourth-order valence-electron chi connectivity index (χ4n) is 0.630. The van der Waals surface area contributed by atoms with Crippen molar-refractivity contribution in [2.24, 2.45) is 0 Å². The lowest BCUT2D eigenvalue weighted by molar-refractivity contribution is -0.165. The Morgan fingerprint density at radius 1 is 1.00 bits per heavy atom. The number of carbonyl (C=O) groups is 2. The van der Waals surface area contributed by atoms with Crippen molar-refractivity contribution in [1.29, 1.82) is 0 Å². The molecule has 6 heteroatoms. The third-order valence-electron chi connectivity index (χ3n) is 1.53. The predicted octanol–water partition coefficient (Wildman–Crippen LogP) is 1.86. The fraction of sp³-hybridized carbons (Fsp3) is 0.455. The van der Waals surface area contributed by atoms with Gasteiger partial charge in [0, 0.05) is 11.1 Å². The zero-order valence-electron chi connectivity index (χ0n) is 9.72. The smallest absolute Gasteiger partial charge is 0.333 e. The van der Waals surface area contributed by atoms with E-state index >= 15 is 0 Å². The van der Waals surface area contributed by atoms with E-state index in [0.717, 1.165) is 0 Å². The first-order chi connectivity index (χ1) is 7.65. The molecule has 0 aromatic carbocycles. The predicted molar refractivity (Wildman–Crippen MR) is 56.5 cm³/mol. The van der Waals surface area contributed by atoms with Crippen LogP contribution in [-0.2, 0) is 19.1 Å². The molecule has 0 radical (unpaired) electrons. The van der Waals surface area contributed by atoms with Crippen LogP contribution in [-0.4, -0.2) is 31.1 Å². The number of ether oxygens (including phenoxy) is 2. The van der Waals surface area contributed by atoms with Gasteiger partial charge in [-0.05, 0) is 13.8 Å². The van der Waals surface area contributed by atoms with Gasteiger partial charge in [0.1, 0.15) is 0 Å². The van der Waals surface area contributed by atoms with Gasteiger partial charge in [-0.15, -0.1) is 0 Å². The Labute approximate surface area is 97.9 Å². The highest BCUT2D eigenvalue weighted by atomic mass is 19.3. The van der Waals surface area contributed by atoms with E-state index < -0.39 is 31.1 Å². The molecular formula is C11H14F2O4. The van der Waals surface area contributed by atoms with Crippen LogP contribution in [0.3, 0.4) is 0 Å². The summed E-state index contributed by atoms with van der Waals surface area (Å²) in [6, 6.07) is 0. The minimum Gasteiger partial charge on any atom is -0.456 e. The molecule has 0 amide bonds. The van der Waals surface area contributed by atoms with Gasteiger partial charge in [-0.1, -0.05) is 13.2 Å². The lowest BCUT2D eigenvalue weighted by Crippen LogP contribution is -2.32. The molecule has 0 rings (SSSR count). The minimum atomic E-state index is -3.43. The largest absolute Gasteiger partial charge is 0.456 e. The average Bonchev–Trinajstić information content (AvgIpc) is 2.22. The van der Waals surface area contributed by atoms with Crippen LogP contribution in [0.2, 0.25) is 0 Å². The summed E-state index contributed by atoms with van der Waals surface area (Å²) in [5.74, 6) is -5.28. The van der Waals surface area contributed by atoms with Gasteiger partial charge in [0.05, 0.1) is 0 Å². The molecule has 0 spiro atoms. The quantitative estimate of drug-likeness (QED) is 0.532. The Bertz CT molecular complexity index is 315. The molecule has 96 valence electrons. The number of alkyl halides is 2. The summed E-state index contributed by atoms with van der Waals surface area (Å²) in [5, 5.41) is 0. The maximum Gasteiger partial charge on any atom is 0.333 e. The maximum absolute atomic E-state index is 13.1. The van der Waals surface area contributed by atoms with Crippen LogP contribution in [0.1, 0.15) is 13.8 Å². The molecule has 4 nitrogen and oxygen atoms in total. The van der Waals surface area contributed by atoms with Crippen LogP contribution >= 0.6 is 0 Å². The molecular weight excluding hydrogens is 234 g/mol. The second-order valence-corrected chi connectivity index (χ2v) is 3.57. The Morgan fingerprint density at radius 2 is 1.29 bits per heavy atom. The summed E-state index contributed by atoms with van der Waals surface area (Å²) >= 11 is 0. The number of hydrogen-bond donors (Lipinski definition) is 0.